The van der Waals surface area contributed by atoms with Crippen molar-refractivity contribution >= 4 is 26.7 Å². The molecule has 1 saturated heterocycles. The maximum atomic E-state index is 12.7. The molecular formula is C22H24N4O3S. The molecular weight excluding hydrogens is 400 g/mol. The number of aryl methyl sites for hydroxylation is 1. The fourth-order valence-corrected chi connectivity index (χ4v) is 5.37. The number of hydrogen-bond donors (Lipinski definition) is 1. The number of carbonyl (C=O) groups excluding carboxylic acids is 1. The van der Waals surface area contributed by atoms with Crippen LogP contribution in [-0.2, 0) is 10.0 Å². The Bertz CT molecular complexity index is 1110. The van der Waals surface area contributed by atoms with Crippen LogP contribution in [0.2, 0.25) is 0 Å². The molecule has 2 aromatic rings. The average Bonchev–Trinajstić information content (AvgIpc) is 2.99. The minimum atomic E-state index is -3.72. The van der Waals surface area contributed by atoms with Gasteiger partial charge in [0.15, 0.2) is 0 Å². The number of likely N-dealkylation sites (tertiary alicyclic amines) is 1. The van der Waals surface area contributed by atoms with E-state index in [2.05, 4.69) is 14.7 Å². The largest absolute Gasteiger partial charge is 0.356 e. The Labute approximate surface area is 176 Å². The summed E-state index contributed by atoms with van der Waals surface area (Å²) in [7, 11) is -3.72. The molecule has 30 heavy (non-hydrogen) atoms. The standard InChI is InChI=1S/C22H24N4O3S/c1-15-5-7-17(8-6-15)20-16(2)21(25-30(20,28)29)26-12-9-19(10-13-26)24-22(27)18-4-3-11-23-14-18/h3-8,11,14,19H,9-10,12-13H2,1-2H3,(H,24,27). The van der Waals surface area contributed by atoms with Crippen molar-refractivity contribution in [3.63, 3.8) is 0 Å². The van der Waals surface area contributed by atoms with Gasteiger partial charge in [-0.05, 0) is 44.4 Å². The highest BCUT2D eigenvalue weighted by atomic mass is 32.2. The molecule has 1 amide bonds. The predicted octanol–water partition coefficient (Wildman–Crippen LogP) is 2.76. The highest BCUT2D eigenvalue weighted by Crippen LogP contribution is 2.34. The number of amides is 1. The fraction of sp³-hybridized carbons (Fsp3) is 0.318. The van der Waals surface area contributed by atoms with Crippen LogP contribution in [0.5, 0.6) is 0 Å². The third-order valence-corrected chi connectivity index (χ3v) is 6.98. The van der Waals surface area contributed by atoms with E-state index in [0.29, 0.717) is 35.6 Å². The first-order valence-electron chi connectivity index (χ1n) is 9.94. The second-order valence-electron chi connectivity index (χ2n) is 7.69. The summed E-state index contributed by atoms with van der Waals surface area (Å²) in [5.41, 5.74) is 2.95. The van der Waals surface area contributed by atoms with Gasteiger partial charge in [-0.3, -0.25) is 9.78 Å². The SMILES string of the molecule is CC1=C(c2ccc(C)cc2)S(=O)(=O)N=C1N1CCC(NC(=O)c2cccnc2)CC1. The number of piperidine rings is 1. The van der Waals surface area contributed by atoms with Crippen LogP contribution in [-0.4, -0.2) is 49.2 Å². The number of pyridine rings is 1. The molecule has 0 bridgehead atoms. The monoisotopic (exact) mass is 424 g/mol. The first-order chi connectivity index (χ1) is 14.3. The number of carbonyl (C=O) groups is 1. The Morgan fingerprint density at radius 2 is 1.80 bits per heavy atom. The lowest BCUT2D eigenvalue weighted by molar-refractivity contribution is 0.0922. The number of benzene rings is 1. The zero-order valence-corrected chi connectivity index (χ0v) is 17.8. The van der Waals surface area contributed by atoms with E-state index in [4.69, 9.17) is 0 Å². The molecule has 1 aromatic carbocycles. The maximum absolute atomic E-state index is 12.7. The van der Waals surface area contributed by atoms with Crippen molar-refractivity contribution < 1.29 is 13.2 Å². The van der Waals surface area contributed by atoms with Gasteiger partial charge in [0.1, 0.15) is 10.7 Å². The summed E-state index contributed by atoms with van der Waals surface area (Å²) in [6, 6.07) is 11.0. The molecule has 1 aromatic heterocycles. The summed E-state index contributed by atoms with van der Waals surface area (Å²) in [5, 5.41) is 3.04. The van der Waals surface area contributed by atoms with Gasteiger partial charge in [-0.25, -0.2) is 0 Å². The van der Waals surface area contributed by atoms with E-state index in [1.165, 1.54) is 0 Å². The van der Waals surface area contributed by atoms with Crippen LogP contribution in [0.4, 0.5) is 0 Å². The lowest BCUT2D eigenvalue weighted by atomic mass is 10.0. The number of aromatic nitrogens is 1. The second kappa shape index (κ2) is 8.02. The molecule has 0 spiro atoms. The Balaban J connectivity index is 1.46. The van der Waals surface area contributed by atoms with E-state index >= 15 is 0 Å². The quantitative estimate of drug-likeness (QED) is 0.818. The van der Waals surface area contributed by atoms with Crippen molar-refractivity contribution in [3.8, 4) is 0 Å². The molecule has 0 unspecified atom stereocenters. The number of sulfonamides is 1. The first kappa shape index (κ1) is 20.3. The summed E-state index contributed by atoms with van der Waals surface area (Å²) < 4.78 is 29.6. The van der Waals surface area contributed by atoms with E-state index in [9.17, 15) is 13.2 Å². The molecule has 8 heteroatoms. The van der Waals surface area contributed by atoms with Gasteiger partial charge < -0.3 is 10.2 Å². The van der Waals surface area contributed by atoms with Crippen molar-refractivity contribution in [3.05, 3.63) is 71.1 Å². The van der Waals surface area contributed by atoms with Crippen LogP contribution in [0.15, 0.2) is 58.8 Å². The van der Waals surface area contributed by atoms with Crippen molar-refractivity contribution in [1.29, 1.82) is 0 Å². The normalized spacial score (nSPS) is 19.0. The van der Waals surface area contributed by atoms with Crippen LogP contribution in [0.1, 0.15) is 41.3 Å². The minimum absolute atomic E-state index is 0.0356. The first-order valence-corrected chi connectivity index (χ1v) is 11.4. The number of amidine groups is 1. The van der Waals surface area contributed by atoms with E-state index in [0.717, 1.165) is 18.4 Å². The highest BCUT2D eigenvalue weighted by molar-refractivity contribution is 8.00. The van der Waals surface area contributed by atoms with Gasteiger partial charge in [-0.15, -0.1) is 4.40 Å². The summed E-state index contributed by atoms with van der Waals surface area (Å²) in [6.07, 6.45) is 4.62. The average molecular weight is 425 g/mol. The molecule has 3 heterocycles. The van der Waals surface area contributed by atoms with Crippen LogP contribution in [0.25, 0.3) is 4.91 Å². The molecule has 0 atom stereocenters. The second-order valence-corrected chi connectivity index (χ2v) is 9.23. The Kier molecular flexibility index (Phi) is 5.42. The highest BCUT2D eigenvalue weighted by Gasteiger charge is 2.35. The molecule has 156 valence electrons. The molecule has 4 rings (SSSR count). The lowest BCUT2D eigenvalue weighted by Gasteiger charge is -2.33. The number of hydrogen-bond acceptors (Lipinski definition) is 5. The van der Waals surface area contributed by atoms with Crippen molar-refractivity contribution in [1.82, 2.24) is 15.2 Å². The molecule has 2 aliphatic rings. The Hall–Kier alpha value is -3.00. The zero-order chi connectivity index (χ0) is 21.3. The maximum Gasteiger partial charge on any atom is 0.285 e. The number of rotatable bonds is 3. The van der Waals surface area contributed by atoms with Gasteiger partial charge in [0.05, 0.1) is 5.56 Å². The molecule has 0 aliphatic carbocycles. The van der Waals surface area contributed by atoms with Crippen LogP contribution < -0.4 is 5.32 Å². The predicted molar refractivity (Wildman–Crippen MR) is 116 cm³/mol. The smallest absolute Gasteiger partial charge is 0.285 e. The minimum Gasteiger partial charge on any atom is -0.356 e. The lowest BCUT2D eigenvalue weighted by Crippen LogP contribution is -2.46. The van der Waals surface area contributed by atoms with Gasteiger partial charge in [0.25, 0.3) is 15.9 Å². The molecule has 7 nitrogen and oxygen atoms in total. The van der Waals surface area contributed by atoms with Crippen LogP contribution in [0, 0.1) is 6.92 Å². The van der Waals surface area contributed by atoms with Gasteiger partial charge >= 0.3 is 0 Å². The number of nitrogens with one attached hydrogen (secondary N) is 1. The van der Waals surface area contributed by atoms with Gasteiger partial charge in [0, 0.05) is 37.1 Å². The van der Waals surface area contributed by atoms with Crippen molar-refractivity contribution in [2.45, 2.75) is 32.7 Å². The van der Waals surface area contributed by atoms with E-state index < -0.39 is 10.0 Å². The van der Waals surface area contributed by atoms with Gasteiger partial charge in [0.2, 0.25) is 0 Å². The topological polar surface area (TPSA) is 91.7 Å². The van der Waals surface area contributed by atoms with E-state index in [1.54, 1.807) is 24.5 Å². The summed E-state index contributed by atoms with van der Waals surface area (Å²) in [5.74, 6) is 0.377. The van der Waals surface area contributed by atoms with Crippen LogP contribution >= 0.6 is 0 Å². The molecule has 0 radical (unpaired) electrons. The fourth-order valence-electron chi connectivity index (χ4n) is 3.89. The Morgan fingerprint density at radius 3 is 2.43 bits per heavy atom. The zero-order valence-electron chi connectivity index (χ0n) is 17.0. The van der Waals surface area contributed by atoms with Crippen molar-refractivity contribution in [2.24, 2.45) is 4.40 Å². The van der Waals surface area contributed by atoms with Crippen LogP contribution in [0.3, 0.4) is 0 Å². The van der Waals surface area contributed by atoms with E-state index in [1.807, 2.05) is 43.0 Å². The van der Waals surface area contributed by atoms with Crippen molar-refractivity contribution in [2.75, 3.05) is 13.1 Å². The summed E-state index contributed by atoms with van der Waals surface area (Å²) in [6.45, 7) is 5.04. The summed E-state index contributed by atoms with van der Waals surface area (Å²) >= 11 is 0. The Morgan fingerprint density at radius 1 is 1.10 bits per heavy atom. The van der Waals surface area contributed by atoms with Gasteiger partial charge in [-0.1, -0.05) is 29.8 Å². The summed E-state index contributed by atoms with van der Waals surface area (Å²) in [4.78, 5) is 18.6. The molecule has 1 fully saturated rings. The number of nitrogens with zero attached hydrogens (tertiary/aromatic N) is 3. The molecule has 2 aliphatic heterocycles. The van der Waals surface area contributed by atoms with Gasteiger partial charge in [-0.2, -0.15) is 8.42 Å². The van der Waals surface area contributed by atoms with E-state index in [-0.39, 0.29) is 16.9 Å². The molecule has 1 N–H and O–H groups in total. The third-order valence-electron chi connectivity index (χ3n) is 5.51. The molecule has 0 saturated carbocycles. The third kappa shape index (κ3) is 4.00.